The first-order chi connectivity index (χ1) is 4.71. The van der Waals surface area contributed by atoms with E-state index in [1.165, 1.54) is 0 Å². The lowest BCUT2D eigenvalue weighted by atomic mass is 9.70. The molecule has 1 saturated heterocycles. The summed E-state index contributed by atoms with van der Waals surface area (Å²) in [4.78, 5) is 0. The minimum Gasteiger partial charge on any atom is -0.512 e. The third-order valence-electron chi connectivity index (χ3n) is 2.65. The zero-order chi connectivity index (χ0) is 7.61. The Bertz CT molecular complexity index is 136. The van der Waals surface area contributed by atoms with Crippen molar-refractivity contribution >= 4 is 7.28 Å². The number of hydrogen-bond donors (Lipinski definition) is 1. The summed E-state index contributed by atoms with van der Waals surface area (Å²) >= 11 is 0. The standard InChI is InChI=1S/C8H14BO/c1-3-8(7(2)10)4-5-9-6-8/h10H,2-6H2,1H3. The van der Waals surface area contributed by atoms with Crippen molar-refractivity contribution in [3.8, 4) is 0 Å². The second kappa shape index (κ2) is 2.69. The fourth-order valence-corrected chi connectivity index (χ4v) is 1.65. The van der Waals surface area contributed by atoms with Crippen LogP contribution in [0.2, 0.25) is 12.6 Å². The number of rotatable bonds is 2. The minimum absolute atomic E-state index is 0.0417. The molecule has 0 saturated carbocycles. The van der Waals surface area contributed by atoms with Gasteiger partial charge < -0.3 is 5.11 Å². The second-order valence-corrected chi connectivity index (χ2v) is 3.11. The zero-order valence-electron chi connectivity index (χ0n) is 6.56. The Morgan fingerprint density at radius 2 is 2.50 bits per heavy atom. The Kier molecular flexibility index (Phi) is 2.07. The van der Waals surface area contributed by atoms with Crippen molar-refractivity contribution < 1.29 is 5.11 Å². The maximum atomic E-state index is 9.29. The highest BCUT2D eigenvalue weighted by atomic mass is 16.3. The van der Waals surface area contributed by atoms with Crippen molar-refractivity contribution in [1.29, 1.82) is 0 Å². The van der Waals surface area contributed by atoms with Crippen molar-refractivity contribution in [3.63, 3.8) is 0 Å². The van der Waals surface area contributed by atoms with Crippen LogP contribution in [0, 0.1) is 5.41 Å². The number of aliphatic hydroxyl groups is 1. The fraction of sp³-hybridized carbons (Fsp3) is 0.750. The molecule has 1 aliphatic rings. The third-order valence-corrected chi connectivity index (χ3v) is 2.65. The zero-order valence-corrected chi connectivity index (χ0v) is 6.56. The number of allylic oxidation sites excluding steroid dienone is 1. The van der Waals surface area contributed by atoms with Crippen LogP contribution >= 0.6 is 0 Å². The van der Waals surface area contributed by atoms with E-state index in [1.807, 2.05) is 0 Å². The minimum atomic E-state index is 0.0417. The predicted molar refractivity (Wildman–Crippen MR) is 44.5 cm³/mol. The molecule has 0 aromatic rings. The summed E-state index contributed by atoms with van der Waals surface area (Å²) in [5, 5.41) is 9.29. The fourth-order valence-electron chi connectivity index (χ4n) is 1.65. The third kappa shape index (κ3) is 1.07. The molecule has 2 heteroatoms. The molecule has 0 aromatic heterocycles. The molecule has 1 nitrogen and oxygen atoms in total. The summed E-state index contributed by atoms with van der Waals surface area (Å²) in [6.45, 7) is 5.73. The van der Waals surface area contributed by atoms with Gasteiger partial charge in [0.05, 0.1) is 5.76 Å². The van der Waals surface area contributed by atoms with E-state index in [4.69, 9.17) is 0 Å². The largest absolute Gasteiger partial charge is 0.512 e. The van der Waals surface area contributed by atoms with E-state index in [9.17, 15) is 5.11 Å². The smallest absolute Gasteiger partial charge is 0.110 e. The molecule has 1 atom stereocenters. The van der Waals surface area contributed by atoms with Crippen LogP contribution in [-0.2, 0) is 0 Å². The normalized spacial score (nSPS) is 31.7. The monoisotopic (exact) mass is 137 g/mol. The average molecular weight is 137 g/mol. The van der Waals surface area contributed by atoms with Crippen LogP contribution in [0.4, 0.5) is 0 Å². The van der Waals surface area contributed by atoms with Gasteiger partial charge in [0.1, 0.15) is 7.28 Å². The van der Waals surface area contributed by atoms with Crippen molar-refractivity contribution in [3.05, 3.63) is 12.3 Å². The van der Waals surface area contributed by atoms with Crippen molar-refractivity contribution in [2.45, 2.75) is 32.4 Å². The molecular weight excluding hydrogens is 123 g/mol. The first-order valence-corrected chi connectivity index (χ1v) is 3.91. The SMILES string of the molecule is C=C(O)C1(CC)C[B]CC1. The molecule has 1 unspecified atom stereocenters. The number of hydrogen-bond acceptors (Lipinski definition) is 1. The molecule has 1 rings (SSSR count). The maximum absolute atomic E-state index is 9.29. The van der Waals surface area contributed by atoms with Gasteiger partial charge >= 0.3 is 0 Å². The van der Waals surface area contributed by atoms with E-state index in [1.54, 1.807) is 0 Å². The van der Waals surface area contributed by atoms with Crippen LogP contribution in [0.5, 0.6) is 0 Å². The molecule has 1 heterocycles. The summed E-state index contributed by atoms with van der Waals surface area (Å²) in [7, 11) is 2.24. The molecule has 1 fully saturated rings. The first-order valence-electron chi connectivity index (χ1n) is 3.91. The Morgan fingerprint density at radius 1 is 1.80 bits per heavy atom. The second-order valence-electron chi connectivity index (χ2n) is 3.11. The van der Waals surface area contributed by atoms with Crippen LogP contribution in [0.3, 0.4) is 0 Å². The van der Waals surface area contributed by atoms with Gasteiger partial charge in [0.2, 0.25) is 0 Å². The Balaban J connectivity index is 2.67. The highest BCUT2D eigenvalue weighted by Gasteiger charge is 2.34. The molecule has 1 radical (unpaired) electrons. The van der Waals surface area contributed by atoms with Crippen molar-refractivity contribution in [2.75, 3.05) is 0 Å². The summed E-state index contributed by atoms with van der Waals surface area (Å²) in [5.41, 5.74) is 0.0417. The maximum Gasteiger partial charge on any atom is 0.110 e. The summed E-state index contributed by atoms with van der Waals surface area (Å²) in [6.07, 6.45) is 4.24. The quantitative estimate of drug-likeness (QED) is 0.457. The molecule has 10 heavy (non-hydrogen) atoms. The van der Waals surface area contributed by atoms with Crippen LogP contribution in [-0.4, -0.2) is 12.4 Å². The van der Waals surface area contributed by atoms with E-state index < -0.39 is 0 Å². The first kappa shape index (κ1) is 7.71. The summed E-state index contributed by atoms with van der Waals surface area (Å²) in [5.74, 6) is 0.378. The van der Waals surface area contributed by atoms with Gasteiger partial charge in [-0.1, -0.05) is 26.1 Å². The van der Waals surface area contributed by atoms with Gasteiger partial charge in [-0.2, -0.15) is 0 Å². The predicted octanol–water partition coefficient (Wildman–Crippen LogP) is 2.40. The van der Waals surface area contributed by atoms with Gasteiger partial charge in [-0.25, -0.2) is 0 Å². The van der Waals surface area contributed by atoms with E-state index in [0.29, 0.717) is 5.76 Å². The molecule has 0 aromatic carbocycles. The molecule has 55 valence electrons. The molecule has 1 aliphatic heterocycles. The Hall–Kier alpha value is -0.395. The van der Waals surface area contributed by atoms with E-state index in [-0.39, 0.29) is 5.41 Å². The lowest BCUT2D eigenvalue weighted by Crippen LogP contribution is -2.16. The van der Waals surface area contributed by atoms with E-state index >= 15 is 0 Å². The molecule has 1 N–H and O–H groups in total. The molecule has 0 spiro atoms. The molecule has 0 amide bonds. The van der Waals surface area contributed by atoms with Gasteiger partial charge in [0, 0.05) is 5.41 Å². The van der Waals surface area contributed by atoms with Crippen LogP contribution in [0.1, 0.15) is 19.8 Å². The Morgan fingerprint density at radius 3 is 2.70 bits per heavy atom. The van der Waals surface area contributed by atoms with Gasteiger partial charge in [0.15, 0.2) is 0 Å². The van der Waals surface area contributed by atoms with Crippen molar-refractivity contribution in [2.24, 2.45) is 5.41 Å². The molecule has 0 bridgehead atoms. The van der Waals surface area contributed by atoms with Crippen LogP contribution in [0.25, 0.3) is 0 Å². The average Bonchev–Trinajstić information content (AvgIpc) is 2.35. The van der Waals surface area contributed by atoms with Gasteiger partial charge in [-0.15, -0.1) is 0 Å². The van der Waals surface area contributed by atoms with Crippen LogP contribution in [0.15, 0.2) is 12.3 Å². The summed E-state index contributed by atoms with van der Waals surface area (Å²) < 4.78 is 0. The molecule has 0 aliphatic carbocycles. The van der Waals surface area contributed by atoms with E-state index in [0.717, 1.165) is 25.5 Å². The van der Waals surface area contributed by atoms with Gasteiger partial charge in [-0.05, 0) is 12.8 Å². The highest BCUT2D eigenvalue weighted by molar-refractivity contribution is 6.37. The lowest BCUT2D eigenvalue weighted by molar-refractivity contribution is 0.235. The van der Waals surface area contributed by atoms with Gasteiger partial charge in [-0.3, -0.25) is 0 Å². The number of aliphatic hydroxyl groups excluding tert-OH is 1. The van der Waals surface area contributed by atoms with E-state index in [2.05, 4.69) is 20.8 Å². The van der Waals surface area contributed by atoms with Crippen molar-refractivity contribution in [1.82, 2.24) is 0 Å². The summed E-state index contributed by atoms with van der Waals surface area (Å²) in [6, 6.07) is 0. The lowest BCUT2D eigenvalue weighted by Gasteiger charge is -2.25. The molecular formula is C8H14BO. The highest BCUT2D eigenvalue weighted by Crippen LogP contribution is 2.42. The topological polar surface area (TPSA) is 20.2 Å². The van der Waals surface area contributed by atoms with Gasteiger partial charge in [0.25, 0.3) is 0 Å². The Labute approximate surface area is 63.4 Å². The van der Waals surface area contributed by atoms with Crippen LogP contribution < -0.4 is 0 Å².